The van der Waals surface area contributed by atoms with Gasteiger partial charge in [-0.05, 0) is 31.0 Å². The molecule has 0 heterocycles. The highest BCUT2D eigenvalue weighted by atomic mass is 19.1. The second-order valence-corrected chi connectivity index (χ2v) is 4.91. The molecule has 0 unspecified atom stereocenters. The summed E-state index contributed by atoms with van der Waals surface area (Å²) in [5.41, 5.74) is -0.142. The largest absolute Gasteiger partial charge is 0.478 e. The molecule has 1 aliphatic carbocycles. The van der Waals surface area contributed by atoms with E-state index in [0.717, 1.165) is 25.0 Å². The number of carboxylic acids is 1. The van der Waals surface area contributed by atoms with E-state index in [0.29, 0.717) is 6.04 Å². The third-order valence-electron chi connectivity index (χ3n) is 3.39. The van der Waals surface area contributed by atoms with E-state index >= 15 is 0 Å². The van der Waals surface area contributed by atoms with Gasteiger partial charge in [-0.15, -0.1) is 0 Å². The van der Waals surface area contributed by atoms with Crippen LogP contribution >= 0.6 is 0 Å². The summed E-state index contributed by atoms with van der Waals surface area (Å²) in [6.45, 7) is 0.126. The first-order valence-corrected chi connectivity index (χ1v) is 6.62. The van der Waals surface area contributed by atoms with Crippen molar-refractivity contribution in [2.45, 2.75) is 31.7 Å². The lowest BCUT2D eigenvalue weighted by Gasteiger charge is -2.12. The van der Waals surface area contributed by atoms with E-state index in [4.69, 9.17) is 5.11 Å². The highest BCUT2D eigenvalue weighted by Gasteiger charge is 2.17. The molecule has 3 N–H and O–H groups in total. The number of hydrogen-bond donors (Lipinski definition) is 3. The lowest BCUT2D eigenvalue weighted by atomic mass is 10.1. The Morgan fingerprint density at radius 2 is 2.00 bits per heavy atom. The van der Waals surface area contributed by atoms with Crippen molar-refractivity contribution in [1.82, 2.24) is 5.32 Å². The minimum Gasteiger partial charge on any atom is -0.478 e. The summed E-state index contributed by atoms with van der Waals surface area (Å²) in [6.07, 6.45) is 4.45. The van der Waals surface area contributed by atoms with E-state index < -0.39 is 11.8 Å². The third kappa shape index (κ3) is 3.77. The minimum atomic E-state index is -1.27. The molecule has 2 rings (SSSR count). The number of hydrogen-bond acceptors (Lipinski definition) is 3. The Hall–Kier alpha value is -1.95. The second kappa shape index (κ2) is 6.47. The fourth-order valence-corrected chi connectivity index (χ4v) is 2.36. The highest BCUT2D eigenvalue weighted by Crippen LogP contribution is 2.18. The monoisotopic (exact) mass is 280 g/mol. The van der Waals surface area contributed by atoms with E-state index in [1.54, 1.807) is 0 Å². The molecule has 108 valence electrons. The first-order valence-electron chi connectivity index (χ1n) is 6.62. The molecule has 0 saturated heterocycles. The first-order chi connectivity index (χ1) is 9.56. The number of amides is 1. The zero-order valence-corrected chi connectivity index (χ0v) is 11.0. The van der Waals surface area contributed by atoms with Crippen LogP contribution in [-0.4, -0.2) is 29.6 Å². The van der Waals surface area contributed by atoms with Crippen molar-refractivity contribution in [3.8, 4) is 0 Å². The maximum Gasteiger partial charge on any atom is 0.337 e. The predicted molar refractivity (Wildman–Crippen MR) is 72.2 cm³/mol. The summed E-state index contributed by atoms with van der Waals surface area (Å²) < 4.78 is 13.0. The van der Waals surface area contributed by atoms with Crippen LogP contribution in [-0.2, 0) is 4.79 Å². The topological polar surface area (TPSA) is 78.4 Å². The van der Waals surface area contributed by atoms with Crippen LogP contribution < -0.4 is 10.6 Å². The summed E-state index contributed by atoms with van der Waals surface area (Å²) in [5.74, 6) is -2.25. The van der Waals surface area contributed by atoms with Gasteiger partial charge in [0, 0.05) is 6.04 Å². The Kier molecular flexibility index (Phi) is 4.68. The van der Waals surface area contributed by atoms with Crippen LogP contribution in [0.3, 0.4) is 0 Å². The Morgan fingerprint density at radius 3 is 2.65 bits per heavy atom. The van der Waals surface area contributed by atoms with Crippen LogP contribution in [0, 0.1) is 5.82 Å². The number of aromatic carboxylic acids is 1. The quantitative estimate of drug-likeness (QED) is 0.770. The molecule has 0 aliphatic heterocycles. The summed E-state index contributed by atoms with van der Waals surface area (Å²) in [7, 11) is 0. The lowest BCUT2D eigenvalue weighted by Crippen LogP contribution is -2.34. The average Bonchev–Trinajstić information content (AvgIpc) is 2.91. The van der Waals surface area contributed by atoms with Crippen molar-refractivity contribution in [2.24, 2.45) is 0 Å². The first kappa shape index (κ1) is 14.5. The van der Waals surface area contributed by atoms with Gasteiger partial charge in [0.15, 0.2) is 0 Å². The Morgan fingerprint density at radius 1 is 1.30 bits per heavy atom. The van der Waals surface area contributed by atoms with Gasteiger partial charge in [-0.3, -0.25) is 4.79 Å². The standard InChI is InChI=1S/C14H17FN2O3/c15-9-5-6-12(11(7-9)14(19)20)17-13(18)8-16-10-3-1-2-4-10/h5-7,10,16H,1-4,8H2,(H,17,18)(H,19,20). The second-order valence-electron chi connectivity index (χ2n) is 4.91. The fourth-order valence-electron chi connectivity index (χ4n) is 2.36. The Balaban J connectivity index is 1.94. The molecular formula is C14H17FN2O3. The van der Waals surface area contributed by atoms with Gasteiger partial charge in [-0.1, -0.05) is 12.8 Å². The molecule has 0 radical (unpaired) electrons. The van der Waals surface area contributed by atoms with Crippen LogP contribution in [0.15, 0.2) is 18.2 Å². The number of anilines is 1. The number of benzene rings is 1. The molecule has 0 aromatic heterocycles. The fraction of sp³-hybridized carbons (Fsp3) is 0.429. The Labute approximate surface area is 116 Å². The van der Waals surface area contributed by atoms with Gasteiger partial charge < -0.3 is 15.7 Å². The molecule has 6 heteroatoms. The molecule has 0 bridgehead atoms. The van der Waals surface area contributed by atoms with Crippen LogP contribution in [0.2, 0.25) is 0 Å². The summed E-state index contributed by atoms with van der Waals surface area (Å²) in [5, 5.41) is 14.6. The zero-order valence-electron chi connectivity index (χ0n) is 11.0. The third-order valence-corrected chi connectivity index (χ3v) is 3.39. The highest BCUT2D eigenvalue weighted by molar-refractivity contribution is 6.01. The normalized spacial score (nSPS) is 15.2. The zero-order chi connectivity index (χ0) is 14.5. The van der Waals surface area contributed by atoms with E-state index in [9.17, 15) is 14.0 Å². The van der Waals surface area contributed by atoms with Crippen molar-refractivity contribution in [3.63, 3.8) is 0 Å². The molecule has 1 aromatic rings. The molecular weight excluding hydrogens is 263 g/mol. The number of halogens is 1. The van der Waals surface area contributed by atoms with Crippen molar-refractivity contribution in [2.75, 3.05) is 11.9 Å². The van der Waals surface area contributed by atoms with Gasteiger partial charge >= 0.3 is 5.97 Å². The van der Waals surface area contributed by atoms with Gasteiger partial charge in [-0.2, -0.15) is 0 Å². The average molecular weight is 280 g/mol. The SMILES string of the molecule is O=C(CNC1CCCC1)Nc1ccc(F)cc1C(=O)O. The Bertz CT molecular complexity index is 513. The number of carbonyl (C=O) groups excluding carboxylic acids is 1. The van der Waals surface area contributed by atoms with Crippen LogP contribution in [0.25, 0.3) is 0 Å². The molecule has 0 atom stereocenters. The number of rotatable bonds is 5. The van der Waals surface area contributed by atoms with Gasteiger partial charge in [0.1, 0.15) is 5.82 Å². The van der Waals surface area contributed by atoms with Crippen molar-refractivity contribution in [3.05, 3.63) is 29.6 Å². The summed E-state index contributed by atoms with van der Waals surface area (Å²) in [4.78, 5) is 22.8. The molecule has 5 nitrogen and oxygen atoms in total. The van der Waals surface area contributed by atoms with E-state index in [2.05, 4.69) is 10.6 Å². The van der Waals surface area contributed by atoms with Crippen molar-refractivity contribution >= 4 is 17.6 Å². The van der Waals surface area contributed by atoms with Crippen LogP contribution in [0.1, 0.15) is 36.0 Å². The van der Waals surface area contributed by atoms with Gasteiger partial charge in [0.05, 0.1) is 17.8 Å². The number of carbonyl (C=O) groups is 2. The van der Waals surface area contributed by atoms with Crippen LogP contribution in [0.4, 0.5) is 10.1 Å². The molecule has 1 saturated carbocycles. The van der Waals surface area contributed by atoms with Gasteiger partial charge in [-0.25, -0.2) is 9.18 Å². The predicted octanol–water partition coefficient (Wildman–Crippen LogP) is 1.99. The molecule has 0 spiro atoms. The van der Waals surface area contributed by atoms with Gasteiger partial charge in [0.25, 0.3) is 0 Å². The smallest absolute Gasteiger partial charge is 0.337 e. The maximum absolute atomic E-state index is 13.0. The lowest BCUT2D eigenvalue weighted by molar-refractivity contribution is -0.115. The van der Waals surface area contributed by atoms with Crippen LogP contribution in [0.5, 0.6) is 0 Å². The molecule has 1 amide bonds. The minimum absolute atomic E-state index is 0.108. The van der Waals surface area contributed by atoms with Crippen molar-refractivity contribution < 1.29 is 19.1 Å². The van der Waals surface area contributed by atoms with E-state index in [-0.39, 0.29) is 23.7 Å². The molecule has 1 aliphatic rings. The summed E-state index contributed by atoms with van der Waals surface area (Å²) in [6, 6.07) is 3.62. The van der Waals surface area contributed by atoms with Gasteiger partial charge in [0.2, 0.25) is 5.91 Å². The maximum atomic E-state index is 13.0. The number of carboxylic acid groups (broad SMARTS) is 1. The van der Waals surface area contributed by atoms with Crippen molar-refractivity contribution in [1.29, 1.82) is 0 Å². The molecule has 20 heavy (non-hydrogen) atoms. The molecule has 1 fully saturated rings. The van der Waals surface area contributed by atoms with E-state index in [1.807, 2.05) is 0 Å². The summed E-state index contributed by atoms with van der Waals surface area (Å²) >= 11 is 0. The van der Waals surface area contributed by atoms with E-state index in [1.165, 1.54) is 18.9 Å². The number of nitrogens with one attached hydrogen (secondary N) is 2. The molecule has 1 aromatic carbocycles.